The molecule has 1 fully saturated rings. The summed E-state index contributed by atoms with van der Waals surface area (Å²) in [5, 5.41) is 14.7. The summed E-state index contributed by atoms with van der Waals surface area (Å²) >= 11 is 0. The summed E-state index contributed by atoms with van der Waals surface area (Å²) in [5.74, 6) is 1.14. The summed E-state index contributed by atoms with van der Waals surface area (Å²) < 4.78 is 4.04. The van der Waals surface area contributed by atoms with Gasteiger partial charge in [0.25, 0.3) is 0 Å². The third-order valence-electron chi connectivity index (χ3n) is 7.54. The van der Waals surface area contributed by atoms with Gasteiger partial charge in [0, 0.05) is 35.9 Å². The molecule has 0 amide bonds. The topological polar surface area (TPSA) is 94.3 Å². The molecule has 1 saturated carbocycles. The van der Waals surface area contributed by atoms with Crippen molar-refractivity contribution in [2.75, 3.05) is 0 Å². The number of H-pyrrole nitrogens is 1. The van der Waals surface area contributed by atoms with Gasteiger partial charge in [-0.3, -0.25) is 14.1 Å². The van der Waals surface area contributed by atoms with E-state index in [1.165, 1.54) is 19.3 Å². The largest absolute Gasteiger partial charge is 0.328 e. The number of hydrogen-bond donors (Lipinski definition) is 1. The summed E-state index contributed by atoms with van der Waals surface area (Å²) in [7, 11) is 0. The van der Waals surface area contributed by atoms with Crippen molar-refractivity contribution >= 4 is 0 Å². The molecule has 8 nitrogen and oxygen atoms in total. The van der Waals surface area contributed by atoms with Crippen molar-refractivity contribution in [3.63, 3.8) is 0 Å². The Morgan fingerprint density at radius 3 is 2.69 bits per heavy atom. The van der Waals surface area contributed by atoms with Gasteiger partial charge in [0.2, 0.25) is 5.82 Å². The first-order valence-electron chi connectivity index (χ1n) is 13.3. The first kappa shape index (κ1) is 24.2. The monoisotopic (exact) mass is 485 g/mol. The number of nitrogens with one attached hydrogen (secondary N) is 1. The van der Waals surface area contributed by atoms with Crippen molar-refractivity contribution in [2.45, 2.75) is 77.8 Å². The second-order valence-electron chi connectivity index (χ2n) is 9.86. The fraction of sp³-hybridized carbons (Fsp3) is 0.464. The van der Waals surface area contributed by atoms with Crippen LogP contribution >= 0.6 is 0 Å². The van der Waals surface area contributed by atoms with Crippen LogP contribution in [0.1, 0.15) is 76.1 Å². The maximum absolute atomic E-state index is 13.9. The molecular formula is C28H35N7O. The van der Waals surface area contributed by atoms with Crippen molar-refractivity contribution in [3.8, 4) is 22.5 Å². The molecule has 188 valence electrons. The van der Waals surface area contributed by atoms with Gasteiger partial charge in [-0.2, -0.15) is 5.21 Å². The Morgan fingerprint density at radius 1 is 1.06 bits per heavy atom. The molecule has 5 rings (SSSR count). The molecule has 1 N–H and O–H groups in total. The van der Waals surface area contributed by atoms with E-state index in [9.17, 15) is 4.79 Å². The lowest BCUT2D eigenvalue weighted by Crippen LogP contribution is -2.30. The van der Waals surface area contributed by atoms with Crippen molar-refractivity contribution in [3.05, 3.63) is 70.7 Å². The van der Waals surface area contributed by atoms with E-state index in [0.717, 1.165) is 60.1 Å². The Labute approximate surface area is 211 Å². The molecule has 3 heterocycles. The number of benzene rings is 1. The average molecular weight is 486 g/mol. The van der Waals surface area contributed by atoms with Gasteiger partial charge in [-0.05, 0) is 66.0 Å². The zero-order valence-corrected chi connectivity index (χ0v) is 21.2. The number of aromatic nitrogens is 7. The first-order valence-corrected chi connectivity index (χ1v) is 13.3. The average Bonchev–Trinajstić information content (AvgIpc) is 3.66. The molecule has 2 unspecified atom stereocenters. The van der Waals surface area contributed by atoms with Crippen LogP contribution in [0, 0.1) is 5.92 Å². The Hall–Kier alpha value is -3.55. The SMILES string of the molecule is CCCCc1cn(C2CCCC2CCC)c(=O)n1Cc1cnccc1-c1ccccc1-c1nn[nH]n1. The van der Waals surface area contributed by atoms with Gasteiger partial charge in [0.15, 0.2) is 0 Å². The lowest BCUT2D eigenvalue weighted by molar-refractivity contribution is 0.346. The van der Waals surface area contributed by atoms with E-state index in [1.807, 2.05) is 35.0 Å². The molecule has 0 aliphatic heterocycles. The minimum Gasteiger partial charge on any atom is -0.296 e. The van der Waals surface area contributed by atoms with Crippen LogP contribution in [-0.2, 0) is 13.0 Å². The lowest BCUT2D eigenvalue weighted by Gasteiger charge is -2.19. The van der Waals surface area contributed by atoms with E-state index >= 15 is 0 Å². The molecule has 0 saturated heterocycles. The zero-order chi connectivity index (χ0) is 24.9. The number of unbranched alkanes of at least 4 members (excludes halogenated alkanes) is 1. The Bertz CT molecular complexity index is 1340. The highest BCUT2D eigenvalue weighted by atomic mass is 16.1. The van der Waals surface area contributed by atoms with Crippen LogP contribution in [0.15, 0.2) is 53.7 Å². The van der Waals surface area contributed by atoms with E-state index in [-0.39, 0.29) is 5.69 Å². The predicted molar refractivity (Wildman–Crippen MR) is 141 cm³/mol. The molecule has 1 aliphatic carbocycles. The summed E-state index contributed by atoms with van der Waals surface area (Å²) in [6.07, 6.45) is 14.8. The van der Waals surface area contributed by atoms with Crippen LogP contribution in [0.3, 0.4) is 0 Å². The normalized spacial score (nSPS) is 17.6. The molecule has 0 spiro atoms. The number of aromatic amines is 1. The highest BCUT2D eigenvalue weighted by Gasteiger charge is 2.30. The van der Waals surface area contributed by atoms with Crippen molar-refractivity contribution in [2.24, 2.45) is 5.92 Å². The molecule has 1 aliphatic rings. The number of imidazole rings is 1. The van der Waals surface area contributed by atoms with Crippen molar-refractivity contribution < 1.29 is 0 Å². The van der Waals surface area contributed by atoms with Crippen LogP contribution in [0.4, 0.5) is 0 Å². The summed E-state index contributed by atoms with van der Waals surface area (Å²) in [6, 6.07) is 10.4. The van der Waals surface area contributed by atoms with Crippen LogP contribution in [0.25, 0.3) is 22.5 Å². The standard InChI is InChI=1S/C28H35N7O/c1-3-5-11-22-19-35(26-14-8-10-20(26)9-4-2)28(36)34(22)18-21-17-29-16-15-23(21)24-12-6-7-13-25(24)27-30-32-33-31-27/h6-7,12-13,15-17,19-20,26H,3-5,8-11,14,18H2,1-2H3,(H,30,31,32,33). The van der Waals surface area contributed by atoms with Crippen molar-refractivity contribution in [1.29, 1.82) is 0 Å². The van der Waals surface area contributed by atoms with Crippen LogP contribution in [0.5, 0.6) is 0 Å². The molecule has 8 heteroatoms. The molecule has 1 aromatic carbocycles. The second-order valence-corrected chi connectivity index (χ2v) is 9.86. The summed E-state index contributed by atoms with van der Waals surface area (Å²) in [4.78, 5) is 18.3. The van der Waals surface area contributed by atoms with Gasteiger partial charge < -0.3 is 0 Å². The molecule has 3 aromatic heterocycles. The quantitative estimate of drug-likeness (QED) is 0.323. The number of aryl methyl sites for hydroxylation is 1. The van der Waals surface area contributed by atoms with Crippen molar-refractivity contribution in [1.82, 2.24) is 34.7 Å². The van der Waals surface area contributed by atoms with Gasteiger partial charge in [0.1, 0.15) is 0 Å². The summed E-state index contributed by atoms with van der Waals surface area (Å²) in [6.45, 7) is 4.92. The van der Waals surface area contributed by atoms with E-state index in [0.29, 0.717) is 24.3 Å². The first-order chi connectivity index (χ1) is 17.7. The number of rotatable bonds is 10. The predicted octanol–water partition coefficient (Wildman–Crippen LogP) is 5.42. The Morgan fingerprint density at radius 2 is 1.92 bits per heavy atom. The highest BCUT2D eigenvalue weighted by molar-refractivity contribution is 5.81. The zero-order valence-electron chi connectivity index (χ0n) is 21.2. The highest BCUT2D eigenvalue weighted by Crippen LogP contribution is 2.38. The lowest BCUT2D eigenvalue weighted by atomic mass is 9.96. The van der Waals surface area contributed by atoms with E-state index in [2.05, 4.69) is 56.3 Å². The number of nitrogens with zero attached hydrogens (tertiary/aromatic N) is 6. The molecule has 0 bridgehead atoms. The second kappa shape index (κ2) is 11.0. The minimum absolute atomic E-state index is 0.107. The molecule has 36 heavy (non-hydrogen) atoms. The van der Waals surface area contributed by atoms with E-state index < -0.39 is 0 Å². The maximum Gasteiger partial charge on any atom is 0.328 e. The van der Waals surface area contributed by atoms with Crippen LogP contribution in [0.2, 0.25) is 0 Å². The third kappa shape index (κ3) is 4.76. The summed E-state index contributed by atoms with van der Waals surface area (Å²) in [5.41, 5.74) is 5.14. The van der Waals surface area contributed by atoms with Gasteiger partial charge in [-0.25, -0.2) is 4.79 Å². The maximum atomic E-state index is 13.9. The Balaban J connectivity index is 1.55. The number of tetrazole rings is 1. The molecule has 0 radical (unpaired) electrons. The molecular weight excluding hydrogens is 450 g/mol. The van der Waals surface area contributed by atoms with Gasteiger partial charge in [-0.15, -0.1) is 10.2 Å². The molecule has 4 aromatic rings. The number of pyridine rings is 1. The van der Waals surface area contributed by atoms with E-state index in [4.69, 9.17) is 0 Å². The minimum atomic E-state index is 0.107. The fourth-order valence-electron chi connectivity index (χ4n) is 5.78. The fourth-order valence-corrected chi connectivity index (χ4v) is 5.78. The van der Waals surface area contributed by atoms with E-state index in [1.54, 1.807) is 6.20 Å². The third-order valence-corrected chi connectivity index (χ3v) is 7.54. The van der Waals surface area contributed by atoms with Crippen LogP contribution in [-0.4, -0.2) is 34.7 Å². The van der Waals surface area contributed by atoms with Gasteiger partial charge in [0.05, 0.1) is 6.54 Å². The van der Waals surface area contributed by atoms with Gasteiger partial charge >= 0.3 is 5.69 Å². The van der Waals surface area contributed by atoms with Gasteiger partial charge in [-0.1, -0.05) is 57.4 Å². The smallest absolute Gasteiger partial charge is 0.296 e. The number of hydrogen-bond acceptors (Lipinski definition) is 5. The molecule has 2 atom stereocenters. The van der Waals surface area contributed by atoms with Crippen LogP contribution < -0.4 is 5.69 Å². The Kier molecular flexibility index (Phi) is 7.39.